The molecule has 35 heavy (non-hydrogen) atoms. The first kappa shape index (κ1) is 27.8. The van der Waals surface area contributed by atoms with Crippen LogP contribution in [-0.2, 0) is 23.9 Å². The van der Waals surface area contributed by atoms with Crippen LogP contribution < -0.4 is 5.32 Å². The fraction of sp³-hybridized carbons (Fsp3) is 0.500. The molecule has 0 saturated carbocycles. The van der Waals surface area contributed by atoms with Crippen molar-refractivity contribution in [1.29, 1.82) is 0 Å². The Balaban J connectivity index is 1.96. The van der Waals surface area contributed by atoms with Crippen LogP contribution in [0.25, 0.3) is 6.08 Å². The number of nitrogens with zero attached hydrogens (tertiary/aromatic N) is 1. The SMILES string of the molecule is COCO[C@@H]1/C=C(\C)CC[C@]2(CC(=O)N[C@H](C)c3nc(cs3)/C=C\C=C\C1=O)SSC(=O)[C@]2(C)O. The van der Waals surface area contributed by atoms with E-state index in [0.717, 1.165) is 21.4 Å². The van der Waals surface area contributed by atoms with Crippen molar-refractivity contribution < 1.29 is 29.0 Å². The molecule has 1 aromatic rings. The number of nitrogens with one attached hydrogen (secondary N) is 1. The van der Waals surface area contributed by atoms with Gasteiger partial charge >= 0.3 is 0 Å². The third-order valence-corrected chi connectivity index (χ3v) is 10.3. The summed E-state index contributed by atoms with van der Waals surface area (Å²) in [5.41, 5.74) is -0.138. The van der Waals surface area contributed by atoms with Gasteiger partial charge in [-0.3, -0.25) is 14.4 Å². The van der Waals surface area contributed by atoms with Crippen LogP contribution in [0, 0.1) is 0 Å². The van der Waals surface area contributed by atoms with Crippen LogP contribution in [-0.4, -0.2) is 57.3 Å². The second-order valence-corrected chi connectivity index (χ2v) is 12.1. The molecule has 2 N–H and O–H groups in total. The van der Waals surface area contributed by atoms with Crippen LogP contribution in [0.2, 0.25) is 0 Å². The molecule has 1 aromatic heterocycles. The Labute approximate surface area is 217 Å². The van der Waals surface area contributed by atoms with Crippen molar-refractivity contribution in [2.45, 2.75) is 62.5 Å². The van der Waals surface area contributed by atoms with Gasteiger partial charge in [0.15, 0.2) is 5.78 Å². The van der Waals surface area contributed by atoms with Crippen molar-refractivity contribution in [1.82, 2.24) is 10.3 Å². The van der Waals surface area contributed by atoms with E-state index in [1.54, 1.807) is 24.3 Å². The highest BCUT2D eigenvalue weighted by molar-refractivity contribution is 8.83. The summed E-state index contributed by atoms with van der Waals surface area (Å²) >= 11 is 1.42. The molecule has 2 aliphatic rings. The quantitative estimate of drug-likeness (QED) is 0.335. The van der Waals surface area contributed by atoms with Crippen LogP contribution in [0.1, 0.15) is 56.8 Å². The van der Waals surface area contributed by atoms with Crippen molar-refractivity contribution in [3.05, 3.63) is 46.0 Å². The second-order valence-electron chi connectivity index (χ2n) is 8.72. The summed E-state index contributed by atoms with van der Waals surface area (Å²) in [5.74, 6) is -0.517. The number of rotatable bonds is 3. The Bertz CT molecular complexity index is 1050. The number of methoxy groups -OCH3 is 1. The fourth-order valence-corrected chi connectivity index (χ4v) is 7.91. The first-order chi connectivity index (χ1) is 16.6. The number of allylic oxidation sites excluding steroid dienone is 3. The largest absolute Gasteiger partial charge is 0.380 e. The summed E-state index contributed by atoms with van der Waals surface area (Å²) in [5, 5.41) is 16.3. The number of carbonyl (C=O) groups is 3. The summed E-state index contributed by atoms with van der Waals surface area (Å²) in [6, 6.07) is -0.331. The molecule has 1 spiro atoms. The number of amides is 1. The number of aliphatic hydroxyl groups is 1. The molecule has 190 valence electrons. The maximum absolute atomic E-state index is 13.1. The molecule has 1 saturated heterocycles. The smallest absolute Gasteiger partial charge is 0.232 e. The lowest BCUT2D eigenvalue weighted by Gasteiger charge is -2.36. The highest BCUT2D eigenvalue weighted by Gasteiger charge is 2.59. The Morgan fingerprint density at radius 2 is 2.00 bits per heavy atom. The van der Waals surface area contributed by atoms with Crippen LogP contribution in [0.3, 0.4) is 0 Å². The Hall–Kier alpha value is -1.76. The molecule has 2 bridgehead atoms. The predicted molar refractivity (Wildman–Crippen MR) is 140 cm³/mol. The Kier molecular flexibility index (Phi) is 9.53. The lowest BCUT2D eigenvalue weighted by Crippen LogP contribution is -2.52. The van der Waals surface area contributed by atoms with E-state index in [9.17, 15) is 19.5 Å². The Morgan fingerprint density at radius 1 is 1.26 bits per heavy atom. The monoisotopic (exact) mass is 538 g/mol. The minimum atomic E-state index is -1.69. The van der Waals surface area contributed by atoms with Gasteiger partial charge in [-0.15, -0.1) is 11.3 Å². The summed E-state index contributed by atoms with van der Waals surface area (Å²) in [7, 11) is 3.69. The standard InChI is InChI=1S/C24H30N2O6S3/c1-15-9-10-24(23(3,30)22(29)34-35-24)12-20(28)25-16(2)21-26-17(13-33-21)7-5-6-8-18(27)19(11-15)32-14-31-4/h5-8,11,13,16,19,30H,9-10,12,14H2,1-4H3,(H,25,28)/b7-5-,8-6+,15-11+/t16-,19-,23+,24-/m1/s1. The molecule has 1 amide bonds. The number of carbonyl (C=O) groups excluding carboxylic acids is 3. The number of aromatic nitrogens is 1. The lowest BCUT2D eigenvalue weighted by molar-refractivity contribution is -0.132. The first-order valence-corrected chi connectivity index (χ1v) is 14.1. The van der Waals surface area contributed by atoms with Crippen molar-refractivity contribution in [3.8, 4) is 0 Å². The normalized spacial score (nSPS) is 34.1. The molecule has 2 aliphatic heterocycles. The van der Waals surface area contributed by atoms with Gasteiger partial charge < -0.3 is 19.9 Å². The number of ketones is 1. The van der Waals surface area contributed by atoms with E-state index in [2.05, 4.69) is 10.3 Å². The van der Waals surface area contributed by atoms with Gasteiger partial charge in [0.1, 0.15) is 23.5 Å². The van der Waals surface area contributed by atoms with E-state index in [4.69, 9.17) is 9.47 Å². The van der Waals surface area contributed by atoms with Gasteiger partial charge in [0.05, 0.1) is 16.5 Å². The molecule has 0 unspecified atom stereocenters. The molecule has 8 nitrogen and oxygen atoms in total. The van der Waals surface area contributed by atoms with Crippen molar-refractivity contribution >= 4 is 55.8 Å². The van der Waals surface area contributed by atoms with Crippen LogP contribution in [0.15, 0.2) is 35.3 Å². The van der Waals surface area contributed by atoms with Crippen molar-refractivity contribution in [2.24, 2.45) is 0 Å². The van der Waals surface area contributed by atoms with Gasteiger partial charge in [0, 0.05) is 18.9 Å². The average Bonchev–Trinajstić information content (AvgIpc) is 3.36. The summed E-state index contributed by atoms with van der Waals surface area (Å²) < 4.78 is 9.52. The molecule has 0 radical (unpaired) electrons. The lowest BCUT2D eigenvalue weighted by atomic mass is 9.81. The van der Waals surface area contributed by atoms with Gasteiger partial charge in [-0.2, -0.15) is 0 Å². The highest BCUT2D eigenvalue weighted by atomic mass is 33.1. The summed E-state index contributed by atoms with van der Waals surface area (Å²) in [6.45, 7) is 5.13. The third kappa shape index (κ3) is 6.72. The van der Waals surface area contributed by atoms with E-state index >= 15 is 0 Å². The zero-order valence-electron chi connectivity index (χ0n) is 20.1. The minimum Gasteiger partial charge on any atom is -0.380 e. The molecular weight excluding hydrogens is 508 g/mol. The Morgan fingerprint density at radius 3 is 2.69 bits per heavy atom. The third-order valence-electron chi connectivity index (χ3n) is 5.94. The van der Waals surface area contributed by atoms with Gasteiger partial charge in [-0.1, -0.05) is 28.5 Å². The van der Waals surface area contributed by atoms with Crippen LogP contribution in [0.5, 0.6) is 0 Å². The van der Waals surface area contributed by atoms with Gasteiger partial charge in [0.25, 0.3) is 0 Å². The summed E-state index contributed by atoms with van der Waals surface area (Å²) in [4.78, 5) is 42.9. The molecule has 11 heteroatoms. The average molecular weight is 539 g/mol. The van der Waals surface area contributed by atoms with Gasteiger partial charge in [0.2, 0.25) is 11.0 Å². The molecular formula is C24H30N2O6S3. The molecule has 0 aromatic carbocycles. The van der Waals surface area contributed by atoms with E-state index in [1.807, 2.05) is 19.2 Å². The molecule has 3 heterocycles. The molecule has 4 atom stereocenters. The van der Waals surface area contributed by atoms with Crippen LogP contribution in [0.4, 0.5) is 0 Å². The number of hydrogen-bond donors (Lipinski definition) is 2. The van der Waals surface area contributed by atoms with Gasteiger partial charge in [-0.25, -0.2) is 4.98 Å². The zero-order chi connectivity index (χ0) is 25.6. The molecule has 1 fully saturated rings. The first-order valence-electron chi connectivity index (χ1n) is 11.1. The maximum Gasteiger partial charge on any atom is 0.232 e. The van der Waals surface area contributed by atoms with E-state index < -0.39 is 16.5 Å². The topological polar surface area (TPSA) is 115 Å². The number of hydrogen-bond acceptors (Lipinski definition) is 10. The number of fused-ring (bicyclic) bond motifs is 2. The van der Waals surface area contributed by atoms with Crippen LogP contribution >= 0.6 is 32.9 Å². The zero-order valence-corrected chi connectivity index (χ0v) is 22.6. The van der Waals surface area contributed by atoms with E-state index in [-0.39, 0.29) is 36.1 Å². The summed E-state index contributed by atoms with van der Waals surface area (Å²) in [6.07, 6.45) is 8.22. The maximum atomic E-state index is 13.1. The van der Waals surface area contributed by atoms with E-state index in [1.165, 1.54) is 42.2 Å². The molecule has 0 aliphatic carbocycles. The van der Waals surface area contributed by atoms with E-state index in [0.29, 0.717) is 18.5 Å². The van der Waals surface area contributed by atoms with Crippen molar-refractivity contribution in [2.75, 3.05) is 13.9 Å². The van der Waals surface area contributed by atoms with Crippen molar-refractivity contribution in [3.63, 3.8) is 0 Å². The highest BCUT2D eigenvalue weighted by Crippen LogP contribution is 2.58. The molecule has 3 rings (SSSR count). The fourth-order valence-electron chi connectivity index (χ4n) is 3.72. The number of ether oxygens (including phenoxy) is 2. The van der Waals surface area contributed by atoms with Gasteiger partial charge in [-0.05, 0) is 62.6 Å². The number of thiazole rings is 1. The second kappa shape index (κ2) is 12.0. The minimum absolute atomic E-state index is 0.0373. The predicted octanol–water partition coefficient (Wildman–Crippen LogP) is 3.99.